The van der Waals surface area contributed by atoms with E-state index in [-0.39, 0.29) is 0 Å². The van der Waals surface area contributed by atoms with Gasteiger partial charge in [-0.05, 0) is 55.3 Å². The topological polar surface area (TPSA) is 0 Å². The van der Waals surface area contributed by atoms with E-state index in [1.54, 1.807) is 57.8 Å². The molecule has 3 saturated carbocycles. The lowest BCUT2D eigenvalue weighted by atomic mass is 9.67. The number of hydrogen-bond acceptors (Lipinski definition) is 0. The maximum absolute atomic E-state index is 2.65. The van der Waals surface area contributed by atoms with Crippen LogP contribution in [0.2, 0.25) is 0 Å². The molecule has 3 rings (SSSR count). The molecule has 3 aliphatic carbocycles. The largest absolute Gasteiger partial charge is 0.0594 e. The Morgan fingerprint density at radius 2 is 1.53 bits per heavy atom. The molecule has 0 aromatic rings. The van der Waals surface area contributed by atoms with Crippen molar-refractivity contribution in [3.63, 3.8) is 0 Å². The van der Waals surface area contributed by atoms with Gasteiger partial charge in [0, 0.05) is 0 Å². The minimum atomic E-state index is 0.729. The Hall–Kier alpha value is 0. The molecule has 0 radical (unpaired) electrons. The van der Waals surface area contributed by atoms with Crippen molar-refractivity contribution in [1.29, 1.82) is 0 Å². The Labute approximate surface area is 108 Å². The highest BCUT2D eigenvalue weighted by atomic mass is 14.5. The molecule has 3 fully saturated rings. The second kappa shape index (κ2) is 4.94. The van der Waals surface area contributed by atoms with Gasteiger partial charge in [-0.15, -0.1) is 0 Å². The quantitative estimate of drug-likeness (QED) is 0.564. The molecule has 1 unspecified atom stereocenters. The van der Waals surface area contributed by atoms with Crippen LogP contribution in [-0.4, -0.2) is 0 Å². The van der Waals surface area contributed by atoms with Gasteiger partial charge in [0.25, 0.3) is 0 Å². The van der Waals surface area contributed by atoms with Crippen LogP contribution in [0.1, 0.15) is 84.0 Å². The van der Waals surface area contributed by atoms with Gasteiger partial charge in [-0.3, -0.25) is 0 Å². The Morgan fingerprint density at radius 1 is 0.824 bits per heavy atom. The molecule has 0 saturated heterocycles. The summed E-state index contributed by atoms with van der Waals surface area (Å²) in [6.45, 7) is 2.65. The summed E-state index contributed by atoms with van der Waals surface area (Å²) in [7, 11) is 0. The van der Waals surface area contributed by atoms with Gasteiger partial charge in [-0.1, -0.05) is 51.9 Å². The highest BCUT2D eigenvalue weighted by Crippen LogP contribution is 2.52. The van der Waals surface area contributed by atoms with Crippen molar-refractivity contribution in [2.24, 2.45) is 23.2 Å². The molecule has 0 amide bonds. The van der Waals surface area contributed by atoms with E-state index in [0.29, 0.717) is 0 Å². The average molecular weight is 234 g/mol. The van der Waals surface area contributed by atoms with E-state index in [0.717, 1.165) is 23.2 Å². The summed E-state index contributed by atoms with van der Waals surface area (Å²) in [6.07, 6.45) is 18.5. The second-order valence-corrected chi connectivity index (χ2v) is 7.62. The van der Waals surface area contributed by atoms with E-state index >= 15 is 0 Å². The molecule has 0 aromatic heterocycles. The van der Waals surface area contributed by atoms with Crippen LogP contribution in [0.15, 0.2) is 0 Å². The summed E-state index contributed by atoms with van der Waals surface area (Å²) >= 11 is 0. The van der Waals surface area contributed by atoms with Crippen LogP contribution in [-0.2, 0) is 0 Å². The Kier molecular flexibility index (Phi) is 3.50. The molecular weight excluding hydrogens is 204 g/mol. The van der Waals surface area contributed by atoms with Crippen molar-refractivity contribution in [3.05, 3.63) is 0 Å². The molecule has 0 spiro atoms. The summed E-state index contributed by atoms with van der Waals surface area (Å²) in [5.41, 5.74) is 0.729. The maximum atomic E-state index is 2.65. The van der Waals surface area contributed by atoms with E-state index < -0.39 is 0 Å². The fourth-order valence-corrected chi connectivity index (χ4v) is 4.39. The monoisotopic (exact) mass is 234 g/mol. The zero-order chi connectivity index (χ0) is 11.7. The van der Waals surface area contributed by atoms with Crippen LogP contribution in [0, 0.1) is 23.2 Å². The van der Waals surface area contributed by atoms with Gasteiger partial charge in [-0.2, -0.15) is 0 Å². The van der Waals surface area contributed by atoms with Gasteiger partial charge in [0.05, 0.1) is 0 Å². The standard InChI is InChI=1S/C17H30/c1-17(13-15-9-10-15,16-7-2-3-8-16)12-11-14-5-4-6-14/h14-16H,2-13H2,1H3. The highest BCUT2D eigenvalue weighted by Gasteiger charge is 2.40. The van der Waals surface area contributed by atoms with Crippen molar-refractivity contribution < 1.29 is 0 Å². The third-order valence-corrected chi connectivity index (χ3v) is 6.14. The van der Waals surface area contributed by atoms with Crippen LogP contribution in [0.3, 0.4) is 0 Å². The predicted molar refractivity (Wildman–Crippen MR) is 74.0 cm³/mol. The molecule has 0 heterocycles. The van der Waals surface area contributed by atoms with Crippen molar-refractivity contribution in [2.45, 2.75) is 84.0 Å². The lowest BCUT2D eigenvalue weighted by Crippen LogP contribution is -2.28. The summed E-state index contributed by atoms with van der Waals surface area (Å²) in [4.78, 5) is 0. The van der Waals surface area contributed by atoms with Gasteiger partial charge in [-0.25, -0.2) is 0 Å². The molecule has 0 nitrogen and oxygen atoms in total. The molecule has 17 heavy (non-hydrogen) atoms. The molecule has 0 aromatic carbocycles. The van der Waals surface area contributed by atoms with E-state index in [1.165, 1.54) is 19.3 Å². The fraction of sp³-hybridized carbons (Fsp3) is 1.00. The lowest BCUT2D eigenvalue weighted by molar-refractivity contribution is 0.122. The molecule has 0 bridgehead atoms. The van der Waals surface area contributed by atoms with Crippen LogP contribution in [0.5, 0.6) is 0 Å². The van der Waals surface area contributed by atoms with Crippen molar-refractivity contribution >= 4 is 0 Å². The molecular formula is C17H30. The SMILES string of the molecule is CC(CCC1CCC1)(CC1CC1)C1CCCC1. The highest BCUT2D eigenvalue weighted by molar-refractivity contribution is 4.91. The summed E-state index contributed by atoms with van der Waals surface area (Å²) in [6, 6.07) is 0. The van der Waals surface area contributed by atoms with E-state index in [4.69, 9.17) is 0 Å². The summed E-state index contributed by atoms with van der Waals surface area (Å²) in [5, 5.41) is 0. The second-order valence-electron chi connectivity index (χ2n) is 7.62. The predicted octanol–water partition coefficient (Wildman–Crippen LogP) is 5.56. The van der Waals surface area contributed by atoms with E-state index in [2.05, 4.69) is 6.92 Å². The average Bonchev–Trinajstić information content (AvgIpc) is 2.87. The third-order valence-electron chi connectivity index (χ3n) is 6.14. The first-order valence-electron chi connectivity index (χ1n) is 8.26. The van der Waals surface area contributed by atoms with E-state index in [9.17, 15) is 0 Å². The fourth-order valence-electron chi connectivity index (χ4n) is 4.39. The first-order valence-corrected chi connectivity index (χ1v) is 8.26. The van der Waals surface area contributed by atoms with Gasteiger partial charge in [0.15, 0.2) is 0 Å². The van der Waals surface area contributed by atoms with Gasteiger partial charge in [0.1, 0.15) is 0 Å². The molecule has 0 N–H and O–H groups in total. The van der Waals surface area contributed by atoms with Crippen LogP contribution >= 0.6 is 0 Å². The zero-order valence-electron chi connectivity index (χ0n) is 11.7. The minimum Gasteiger partial charge on any atom is -0.0594 e. The van der Waals surface area contributed by atoms with Crippen molar-refractivity contribution in [3.8, 4) is 0 Å². The van der Waals surface area contributed by atoms with Crippen molar-refractivity contribution in [2.75, 3.05) is 0 Å². The summed E-state index contributed by atoms with van der Waals surface area (Å²) in [5.74, 6) is 3.33. The minimum absolute atomic E-state index is 0.729. The van der Waals surface area contributed by atoms with E-state index in [1.807, 2.05) is 0 Å². The molecule has 3 aliphatic rings. The Morgan fingerprint density at radius 3 is 2.06 bits per heavy atom. The van der Waals surface area contributed by atoms with Gasteiger partial charge >= 0.3 is 0 Å². The van der Waals surface area contributed by atoms with Crippen LogP contribution in [0.4, 0.5) is 0 Å². The third kappa shape index (κ3) is 2.88. The van der Waals surface area contributed by atoms with Gasteiger partial charge < -0.3 is 0 Å². The number of hydrogen-bond donors (Lipinski definition) is 0. The molecule has 0 aliphatic heterocycles. The smallest absolute Gasteiger partial charge is 0.0295 e. The molecule has 98 valence electrons. The molecule has 1 atom stereocenters. The number of rotatable bonds is 6. The molecule has 0 heteroatoms. The van der Waals surface area contributed by atoms with Gasteiger partial charge in [0.2, 0.25) is 0 Å². The summed E-state index contributed by atoms with van der Waals surface area (Å²) < 4.78 is 0. The lowest BCUT2D eigenvalue weighted by Gasteiger charge is -2.38. The normalized spacial score (nSPS) is 30.2. The van der Waals surface area contributed by atoms with Crippen LogP contribution in [0.25, 0.3) is 0 Å². The first kappa shape index (κ1) is 12.1. The van der Waals surface area contributed by atoms with Crippen LogP contribution < -0.4 is 0 Å². The first-order chi connectivity index (χ1) is 8.26. The Balaban J connectivity index is 1.56. The maximum Gasteiger partial charge on any atom is -0.0295 e. The Bertz CT molecular complexity index is 243. The van der Waals surface area contributed by atoms with Crippen molar-refractivity contribution in [1.82, 2.24) is 0 Å². The zero-order valence-corrected chi connectivity index (χ0v) is 11.7.